The number of carbonyl (C=O) groups excluding carboxylic acids is 1. The van der Waals surface area contributed by atoms with Gasteiger partial charge in [-0.25, -0.2) is 0 Å². The van der Waals surface area contributed by atoms with Crippen molar-refractivity contribution in [1.29, 1.82) is 0 Å². The van der Waals surface area contributed by atoms with Crippen LogP contribution in [0, 0.1) is 0 Å². The van der Waals surface area contributed by atoms with Crippen LogP contribution in [0.25, 0.3) is 0 Å². The van der Waals surface area contributed by atoms with E-state index in [0.717, 1.165) is 24.8 Å². The highest BCUT2D eigenvalue weighted by atomic mass is 16.7. The van der Waals surface area contributed by atoms with Gasteiger partial charge in [0.1, 0.15) is 5.78 Å². The Balaban J connectivity index is 1.71. The Kier molecular flexibility index (Phi) is 9.51. The van der Waals surface area contributed by atoms with Crippen molar-refractivity contribution in [2.24, 2.45) is 0 Å². The molecule has 0 amide bonds. The lowest BCUT2D eigenvalue weighted by Crippen LogP contribution is -2.33. The fourth-order valence-corrected chi connectivity index (χ4v) is 3.26. The number of benzene rings is 1. The smallest absolute Gasteiger partial charge is 0.191 e. The lowest BCUT2D eigenvalue weighted by molar-refractivity contribution is -0.193. The predicted octanol–water partition coefficient (Wildman–Crippen LogP) is 6.14. The van der Waals surface area contributed by atoms with Gasteiger partial charge < -0.3 is 9.47 Å². The highest BCUT2D eigenvalue weighted by Gasteiger charge is 2.29. The third-order valence-corrected chi connectivity index (χ3v) is 5.12. The Bertz CT molecular complexity index is 618. The van der Waals surface area contributed by atoms with E-state index in [4.69, 9.17) is 9.47 Å². The van der Waals surface area contributed by atoms with Crippen molar-refractivity contribution >= 4 is 5.78 Å². The molecular weight excluding hydrogens is 336 g/mol. The summed E-state index contributed by atoms with van der Waals surface area (Å²) in [7, 11) is 1.68. The molecule has 0 spiro atoms. The first kappa shape index (κ1) is 21.6. The molecule has 148 valence electrons. The average molecular weight is 371 g/mol. The zero-order valence-corrected chi connectivity index (χ0v) is 16.9. The SMILES string of the molecule is CCCCCCCC(=O)CCC1=CCC(OC)(OCc2ccccc2)C=C1. The van der Waals surface area contributed by atoms with Gasteiger partial charge in [-0.2, -0.15) is 0 Å². The zero-order valence-electron chi connectivity index (χ0n) is 16.9. The van der Waals surface area contributed by atoms with E-state index < -0.39 is 5.79 Å². The van der Waals surface area contributed by atoms with Gasteiger partial charge in [0.25, 0.3) is 0 Å². The fraction of sp³-hybridized carbons (Fsp3) is 0.542. The Labute approximate surface area is 164 Å². The minimum Gasteiger partial charge on any atom is -0.349 e. The second-order valence-electron chi connectivity index (χ2n) is 7.31. The van der Waals surface area contributed by atoms with Crippen molar-refractivity contribution in [1.82, 2.24) is 0 Å². The van der Waals surface area contributed by atoms with Crippen LogP contribution in [0.4, 0.5) is 0 Å². The maximum atomic E-state index is 12.1. The van der Waals surface area contributed by atoms with Gasteiger partial charge in [0, 0.05) is 26.4 Å². The molecule has 0 bridgehead atoms. The third-order valence-electron chi connectivity index (χ3n) is 5.12. The summed E-state index contributed by atoms with van der Waals surface area (Å²) >= 11 is 0. The predicted molar refractivity (Wildman–Crippen MR) is 110 cm³/mol. The van der Waals surface area contributed by atoms with Gasteiger partial charge in [0.05, 0.1) is 6.61 Å². The maximum absolute atomic E-state index is 12.1. The van der Waals surface area contributed by atoms with E-state index in [1.165, 1.54) is 31.3 Å². The molecule has 0 heterocycles. The zero-order chi connectivity index (χ0) is 19.4. The minimum atomic E-state index is -0.706. The standard InChI is InChI=1S/C24H34O3/c1-3-4-5-6-10-13-23(25)15-14-21-16-18-24(26-2,19-17-21)27-20-22-11-8-7-9-12-22/h7-9,11-12,16-18H,3-6,10,13-15,19-20H2,1-2H3. The van der Waals surface area contributed by atoms with Gasteiger partial charge >= 0.3 is 0 Å². The van der Waals surface area contributed by atoms with Gasteiger partial charge in [-0.15, -0.1) is 0 Å². The summed E-state index contributed by atoms with van der Waals surface area (Å²) < 4.78 is 11.7. The minimum absolute atomic E-state index is 0.379. The Morgan fingerprint density at radius 3 is 2.52 bits per heavy atom. The number of ether oxygens (including phenoxy) is 2. The van der Waals surface area contributed by atoms with Crippen LogP contribution in [0.1, 0.15) is 70.3 Å². The summed E-state index contributed by atoms with van der Waals surface area (Å²) in [6.07, 6.45) is 15.0. The van der Waals surface area contributed by atoms with Crippen LogP contribution in [0.2, 0.25) is 0 Å². The number of methoxy groups -OCH3 is 1. The number of rotatable bonds is 13. The van der Waals surface area contributed by atoms with Gasteiger partial charge in [-0.1, -0.05) is 80.7 Å². The molecule has 0 saturated carbocycles. The first-order valence-electron chi connectivity index (χ1n) is 10.3. The maximum Gasteiger partial charge on any atom is 0.191 e. The summed E-state index contributed by atoms with van der Waals surface area (Å²) in [6, 6.07) is 10.1. The van der Waals surface area contributed by atoms with E-state index in [2.05, 4.69) is 13.0 Å². The number of allylic oxidation sites excluding steroid dienone is 2. The topological polar surface area (TPSA) is 35.5 Å². The number of hydrogen-bond donors (Lipinski definition) is 0. The second kappa shape index (κ2) is 11.9. The number of unbranched alkanes of at least 4 members (excludes halogenated alkanes) is 4. The summed E-state index contributed by atoms with van der Waals surface area (Å²) in [5.74, 6) is -0.326. The van der Waals surface area contributed by atoms with Crippen LogP contribution in [0.3, 0.4) is 0 Å². The average Bonchev–Trinajstić information content (AvgIpc) is 2.72. The Morgan fingerprint density at radius 2 is 1.85 bits per heavy atom. The molecule has 0 N–H and O–H groups in total. The summed E-state index contributed by atoms with van der Waals surface area (Å²) in [6.45, 7) is 2.72. The normalized spacial score (nSPS) is 19.1. The van der Waals surface area contributed by atoms with Crippen LogP contribution in [0.15, 0.2) is 54.1 Å². The molecule has 3 heteroatoms. The molecule has 1 aliphatic rings. The van der Waals surface area contributed by atoms with E-state index in [1.54, 1.807) is 7.11 Å². The van der Waals surface area contributed by atoms with Gasteiger partial charge in [-0.3, -0.25) is 4.79 Å². The molecule has 0 saturated heterocycles. The largest absolute Gasteiger partial charge is 0.349 e. The van der Waals surface area contributed by atoms with Crippen LogP contribution < -0.4 is 0 Å². The molecule has 0 radical (unpaired) electrons. The summed E-state index contributed by atoms with van der Waals surface area (Å²) in [5.41, 5.74) is 2.33. The lowest BCUT2D eigenvalue weighted by Gasteiger charge is -2.31. The molecule has 0 aromatic heterocycles. The van der Waals surface area contributed by atoms with Crippen molar-refractivity contribution in [3.05, 3.63) is 59.7 Å². The molecule has 2 rings (SSSR count). The molecule has 3 nitrogen and oxygen atoms in total. The van der Waals surface area contributed by atoms with Crippen molar-refractivity contribution in [2.45, 2.75) is 77.1 Å². The quantitative estimate of drug-likeness (QED) is 0.309. The lowest BCUT2D eigenvalue weighted by atomic mass is 9.96. The first-order chi connectivity index (χ1) is 13.2. The Morgan fingerprint density at radius 1 is 1.07 bits per heavy atom. The van der Waals surface area contributed by atoms with Gasteiger partial charge in [-0.05, 0) is 24.5 Å². The molecule has 27 heavy (non-hydrogen) atoms. The number of Topliss-reactive ketones (excluding diaryl/α,β-unsaturated/α-hetero) is 1. The molecule has 1 unspecified atom stereocenters. The monoisotopic (exact) mass is 370 g/mol. The second-order valence-corrected chi connectivity index (χ2v) is 7.31. The van der Waals surface area contributed by atoms with Crippen LogP contribution >= 0.6 is 0 Å². The highest BCUT2D eigenvalue weighted by Crippen LogP contribution is 2.28. The van der Waals surface area contributed by atoms with Crippen molar-refractivity contribution in [3.8, 4) is 0 Å². The van der Waals surface area contributed by atoms with E-state index >= 15 is 0 Å². The van der Waals surface area contributed by atoms with Gasteiger partial charge in [0.15, 0.2) is 5.79 Å². The molecule has 1 aromatic carbocycles. The van der Waals surface area contributed by atoms with Crippen LogP contribution in [0.5, 0.6) is 0 Å². The van der Waals surface area contributed by atoms with Crippen LogP contribution in [-0.4, -0.2) is 18.7 Å². The van der Waals surface area contributed by atoms with Crippen molar-refractivity contribution < 1.29 is 14.3 Å². The number of carbonyl (C=O) groups is 1. The fourth-order valence-electron chi connectivity index (χ4n) is 3.26. The summed E-state index contributed by atoms with van der Waals surface area (Å²) in [5, 5.41) is 0. The van der Waals surface area contributed by atoms with E-state index in [1.807, 2.05) is 42.5 Å². The van der Waals surface area contributed by atoms with E-state index in [0.29, 0.717) is 25.2 Å². The van der Waals surface area contributed by atoms with Gasteiger partial charge in [0.2, 0.25) is 0 Å². The van der Waals surface area contributed by atoms with Crippen molar-refractivity contribution in [2.75, 3.05) is 7.11 Å². The van der Waals surface area contributed by atoms with Crippen molar-refractivity contribution in [3.63, 3.8) is 0 Å². The highest BCUT2D eigenvalue weighted by molar-refractivity contribution is 5.78. The number of hydrogen-bond acceptors (Lipinski definition) is 3. The Hall–Kier alpha value is -1.71. The third kappa shape index (κ3) is 7.82. The molecular formula is C24H34O3. The van der Waals surface area contributed by atoms with E-state index in [9.17, 15) is 4.79 Å². The molecule has 0 fully saturated rings. The molecule has 1 aliphatic carbocycles. The number of ketones is 1. The molecule has 1 aromatic rings. The molecule has 0 aliphatic heterocycles. The molecule has 1 atom stereocenters. The first-order valence-corrected chi connectivity index (χ1v) is 10.3. The van der Waals surface area contributed by atoms with E-state index in [-0.39, 0.29) is 0 Å². The summed E-state index contributed by atoms with van der Waals surface area (Å²) in [4.78, 5) is 12.1. The van der Waals surface area contributed by atoms with Crippen LogP contribution in [-0.2, 0) is 20.9 Å².